The zero-order chi connectivity index (χ0) is 17.6. The fraction of sp³-hybridized carbons (Fsp3) is 0.762. The molecule has 0 spiro atoms. The molecule has 25 heavy (non-hydrogen) atoms. The lowest BCUT2D eigenvalue weighted by Gasteiger charge is -2.62. The lowest BCUT2D eigenvalue weighted by Crippen LogP contribution is -2.64. The zero-order valence-corrected chi connectivity index (χ0v) is 15.3. The number of nitrogens with one attached hydrogen (secondary N) is 1. The first kappa shape index (κ1) is 16.1. The molecule has 1 aromatic heterocycles. The predicted molar refractivity (Wildman–Crippen MR) is 95.8 cm³/mol. The van der Waals surface area contributed by atoms with Crippen LogP contribution in [0.3, 0.4) is 0 Å². The quantitative estimate of drug-likeness (QED) is 0.635. The third kappa shape index (κ3) is 1.88. The highest BCUT2D eigenvalue weighted by Gasteiger charge is 2.63. The van der Waals surface area contributed by atoms with Gasteiger partial charge in [-0.15, -0.1) is 0 Å². The zero-order valence-electron chi connectivity index (χ0n) is 15.3. The molecule has 3 fully saturated rings. The average molecular weight is 342 g/mol. The molecule has 8 atom stereocenters. The van der Waals surface area contributed by atoms with Crippen LogP contribution in [0.5, 0.6) is 0 Å². The third-order valence-electron chi connectivity index (χ3n) is 8.94. The molecule has 0 aromatic carbocycles. The van der Waals surface area contributed by atoms with Crippen molar-refractivity contribution in [3.05, 3.63) is 29.6 Å². The van der Waals surface area contributed by atoms with E-state index in [1.165, 1.54) is 17.6 Å². The van der Waals surface area contributed by atoms with Gasteiger partial charge in [0.15, 0.2) is 0 Å². The molecule has 3 N–H and O–H groups in total. The van der Waals surface area contributed by atoms with Crippen molar-refractivity contribution in [2.24, 2.45) is 34.5 Å². The van der Waals surface area contributed by atoms with Gasteiger partial charge in [-0.2, -0.15) is 5.10 Å². The van der Waals surface area contributed by atoms with Crippen molar-refractivity contribution < 1.29 is 10.2 Å². The summed E-state index contributed by atoms with van der Waals surface area (Å²) >= 11 is 0. The molecule has 136 valence electrons. The summed E-state index contributed by atoms with van der Waals surface area (Å²) in [4.78, 5) is 0. The first-order valence-corrected chi connectivity index (χ1v) is 9.92. The van der Waals surface area contributed by atoms with Gasteiger partial charge in [0.1, 0.15) is 0 Å². The smallest absolute Gasteiger partial charge is 0.0839 e. The molecule has 4 heteroatoms. The van der Waals surface area contributed by atoms with Gasteiger partial charge in [-0.3, -0.25) is 5.10 Å². The van der Waals surface area contributed by atoms with Crippen molar-refractivity contribution in [3.63, 3.8) is 0 Å². The van der Waals surface area contributed by atoms with Crippen LogP contribution in [0.25, 0.3) is 0 Å². The molecule has 0 radical (unpaired) electrons. The molecule has 5 rings (SSSR count). The second-order valence-electron chi connectivity index (χ2n) is 9.74. The summed E-state index contributed by atoms with van der Waals surface area (Å²) in [5.41, 5.74) is 4.03. The highest BCUT2D eigenvalue weighted by Crippen LogP contribution is 2.66. The Kier molecular flexibility index (Phi) is 3.20. The van der Waals surface area contributed by atoms with E-state index >= 15 is 0 Å². The maximum Gasteiger partial charge on any atom is 0.0839 e. The summed E-state index contributed by atoms with van der Waals surface area (Å²) in [5, 5.41) is 29.6. The van der Waals surface area contributed by atoms with Crippen LogP contribution in [-0.4, -0.2) is 32.6 Å². The fourth-order valence-electron chi connectivity index (χ4n) is 7.39. The van der Waals surface area contributed by atoms with Crippen molar-refractivity contribution in [1.29, 1.82) is 0 Å². The van der Waals surface area contributed by atoms with Crippen molar-refractivity contribution >= 4 is 0 Å². The largest absolute Gasteiger partial charge is 0.390 e. The standard InChI is InChI=1S/C21H30N2O2/c1-11-4-5-13-17-14(6-7-20(11,13)2)21(3)9-12-10-22-23-16(12)8-15(21)18(24)19(17)25/h10,13-15,17-19,24-25H,1,4-9H2,2-3H3,(H,22,23)/t13-,14-,15+,17?,18+,19+,20+,21+/m0/s1. The highest BCUT2D eigenvalue weighted by molar-refractivity contribution is 5.29. The van der Waals surface area contributed by atoms with Crippen LogP contribution in [0.1, 0.15) is 50.8 Å². The number of aliphatic hydroxyl groups is 2. The van der Waals surface area contributed by atoms with E-state index in [1.54, 1.807) is 0 Å². The number of allylic oxidation sites excluding steroid dienone is 1. The topological polar surface area (TPSA) is 69.1 Å². The monoisotopic (exact) mass is 342 g/mol. The lowest BCUT2D eigenvalue weighted by atomic mass is 9.44. The minimum Gasteiger partial charge on any atom is -0.390 e. The van der Waals surface area contributed by atoms with Gasteiger partial charge in [-0.1, -0.05) is 26.0 Å². The Morgan fingerprint density at radius 1 is 1.16 bits per heavy atom. The number of hydrogen-bond donors (Lipinski definition) is 3. The summed E-state index contributed by atoms with van der Waals surface area (Å²) < 4.78 is 0. The van der Waals surface area contributed by atoms with Gasteiger partial charge in [0, 0.05) is 5.69 Å². The van der Waals surface area contributed by atoms with Gasteiger partial charge in [-0.05, 0) is 78.6 Å². The van der Waals surface area contributed by atoms with E-state index in [0.717, 1.165) is 37.8 Å². The molecular weight excluding hydrogens is 312 g/mol. The van der Waals surface area contributed by atoms with Crippen molar-refractivity contribution in [1.82, 2.24) is 10.2 Å². The third-order valence-corrected chi connectivity index (χ3v) is 8.94. The second-order valence-corrected chi connectivity index (χ2v) is 9.74. The number of aromatic amines is 1. The maximum atomic E-state index is 11.2. The first-order chi connectivity index (χ1) is 11.9. The molecule has 0 bridgehead atoms. The molecule has 0 amide bonds. The summed E-state index contributed by atoms with van der Waals surface area (Å²) in [6, 6.07) is 0. The molecule has 4 aliphatic carbocycles. The molecule has 1 heterocycles. The average Bonchev–Trinajstić information content (AvgIpc) is 3.15. The van der Waals surface area contributed by atoms with Gasteiger partial charge < -0.3 is 10.2 Å². The molecular formula is C21H30N2O2. The van der Waals surface area contributed by atoms with Crippen LogP contribution < -0.4 is 0 Å². The molecule has 4 aliphatic rings. The first-order valence-electron chi connectivity index (χ1n) is 9.92. The van der Waals surface area contributed by atoms with E-state index < -0.39 is 12.2 Å². The number of aromatic nitrogens is 2. The number of aliphatic hydroxyl groups excluding tert-OH is 2. The summed E-state index contributed by atoms with van der Waals surface area (Å²) in [5.74, 6) is 1.25. The number of rotatable bonds is 0. The van der Waals surface area contributed by atoms with E-state index in [9.17, 15) is 10.2 Å². The van der Waals surface area contributed by atoms with Crippen molar-refractivity contribution in [2.45, 2.75) is 64.6 Å². The highest BCUT2D eigenvalue weighted by atomic mass is 16.3. The minimum atomic E-state index is -0.640. The van der Waals surface area contributed by atoms with Gasteiger partial charge in [0.05, 0.1) is 18.4 Å². The van der Waals surface area contributed by atoms with E-state index in [2.05, 4.69) is 30.6 Å². The van der Waals surface area contributed by atoms with Crippen LogP contribution in [0.4, 0.5) is 0 Å². The molecule has 4 nitrogen and oxygen atoms in total. The number of H-pyrrole nitrogens is 1. The van der Waals surface area contributed by atoms with Crippen LogP contribution >= 0.6 is 0 Å². The molecule has 1 aromatic rings. The van der Waals surface area contributed by atoms with Crippen LogP contribution in [0.2, 0.25) is 0 Å². The van der Waals surface area contributed by atoms with Crippen LogP contribution in [-0.2, 0) is 12.8 Å². The molecule has 3 saturated carbocycles. The fourth-order valence-corrected chi connectivity index (χ4v) is 7.39. The van der Waals surface area contributed by atoms with E-state index in [-0.39, 0.29) is 22.7 Å². The lowest BCUT2D eigenvalue weighted by molar-refractivity contribution is -0.201. The second kappa shape index (κ2) is 4.98. The van der Waals surface area contributed by atoms with Gasteiger partial charge in [-0.25, -0.2) is 0 Å². The Hall–Kier alpha value is -1.13. The summed E-state index contributed by atoms with van der Waals surface area (Å²) in [6.07, 6.45) is 7.02. The van der Waals surface area contributed by atoms with Gasteiger partial charge >= 0.3 is 0 Å². The number of hydrogen-bond acceptors (Lipinski definition) is 3. The van der Waals surface area contributed by atoms with Crippen molar-refractivity contribution in [3.8, 4) is 0 Å². The Bertz CT molecular complexity index is 727. The van der Waals surface area contributed by atoms with E-state index in [0.29, 0.717) is 11.8 Å². The van der Waals surface area contributed by atoms with Crippen molar-refractivity contribution in [2.75, 3.05) is 0 Å². The predicted octanol–water partition coefficient (Wildman–Crippen LogP) is 2.86. The molecule has 1 unspecified atom stereocenters. The Morgan fingerprint density at radius 3 is 2.76 bits per heavy atom. The van der Waals surface area contributed by atoms with Gasteiger partial charge in [0.2, 0.25) is 0 Å². The normalized spacial score (nSPS) is 51.4. The molecule has 0 aliphatic heterocycles. The maximum absolute atomic E-state index is 11.2. The Morgan fingerprint density at radius 2 is 1.96 bits per heavy atom. The molecule has 0 saturated heterocycles. The van der Waals surface area contributed by atoms with E-state index in [1.807, 2.05) is 6.20 Å². The number of fused-ring (bicyclic) bond motifs is 6. The number of nitrogens with zero attached hydrogens (tertiary/aromatic N) is 1. The van der Waals surface area contributed by atoms with Crippen LogP contribution in [0.15, 0.2) is 18.3 Å². The summed E-state index contributed by atoms with van der Waals surface area (Å²) in [6.45, 7) is 9.08. The SMILES string of the molecule is C=C1CC[C@H]2C3[C@@H](O)[C@H](O)[C@H]4Cc5[nH]ncc5C[C@]4(C)[C@H]3CC[C@]12C. The van der Waals surface area contributed by atoms with Crippen LogP contribution in [0, 0.1) is 34.5 Å². The Labute approximate surface area is 149 Å². The van der Waals surface area contributed by atoms with Gasteiger partial charge in [0.25, 0.3) is 0 Å². The Balaban J connectivity index is 1.59. The summed E-state index contributed by atoms with van der Waals surface area (Å²) in [7, 11) is 0. The van der Waals surface area contributed by atoms with E-state index in [4.69, 9.17) is 0 Å². The minimum absolute atomic E-state index is 0.0471.